The van der Waals surface area contributed by atoms with Crippen molar-refractivity contribution in [1.82, 2.24) is 0 Å². The Morgan fingerprint density at radius 3 is 2.45 bits per heavy atom. The molecule has 0 spiro atoms. The Kier molecular flexibility index (Phi) is 8.70. The molecule has 31 heavy (non-hydrogen) atoms. The molecule has 1 aliphatic rings. The van der Waals surface area contributed by atoms with E-state index in [2.05, 4.69) is 50.3 Å². The Balaban J connectivity index is 1.81. The van der Waals surface area contributed by atoms with Crippen LogP contribution in [0, 0.1) is 5.92 Å². The van der Waals surface area contributed by atoms with Crippen molar-refractivity contribution in [2.75, 3.05) is 0 Å². The number of carboxylic acids is 1. The van der Waals surface area contributed by atoms with Gasteiger partial charge in [0.1, 0.15) is 0 Å². The molecule has 1 aliphatic carbocycles. The molecular weight excluding hydrogens is 380 g/mol. The molecule has 0 amide bonds. The van der Waals surface area contributed by atoms with Gasteiger partial charge in [-0.3, -0.25) is 0 Å². The lowest BCUT2D eigenvalue weighted by atomic mass is 9.83. The van der Waals surface area contributed by atoms with Crippen molar-refractivity contribution in [1.29, 1.82) is 0 Å². The highest BCUT2D eigenvalue weighted by atomic mass is 16.4. The van der Waals surface area contributed by atoms with Gasteiger partial charge in [0.25, 0.3) is 0 Å². The summed E-state index contributed by atoms with van der Waals surface area (Å²) >= 11 is 0. The number of carbonyl (C=O) groups is 1. The third-order valence-corrected chi connectivity index (χ3v) is 6.34. The van der Waals surface area contributed by atoms with Crippen molar-refractivity contribution in [3.8, 4) is 11.1 Å². The van der Waals surface area contributed by atoms with Gasteiger partial charge in [0, 0.05) is 0 Å². The number of unbranched alkanes of at least 4 members (excludes halogenated alkanes) is 3. The normalized spacial score (nSPS) is 16.5. The molecule has 0 aliphatic heterocycles. The monoisotopic (exact) mass is 416 g/mol. The number of hydrogen-bond acceptors (Lipinski definition) is 1. The average Bonchev–Trinajstić information content (AvgIpc) is 2.80. The molecule has 3 rings (SSSR count). The highest BCUT2D eigenvalue weighted by Gasteiger charge is 2.18. The molecule has 0 bridgehead atoms. The Hall–Kier alpha value is -2.61. The number of benzene rings is 2. The van der Waals surface area contributed by atoms with Crippen LogP contribution in [-0.4, -0.2) is 11.1 Å². The zero-order valence-corrected chi connectivity index (χ0v) is 19.1. The average molecular weight is 417 g/mol. The molecule has 0 heterocycles. The first kappa shape index (κ1) is 23.1. The number of carboxylic acid groups (broad SMARTS) is 1. The molecule has 2 heteroatoms. The fourth-order valence-corrected chi connectivity index (χ4v) is 4.43. The standard InChI is InChI=1S/C29H36O2/c1-3-5-7-9-22-11-15-24(16-12-22)26-19-20-27(29(30)31)28(21-26)25-17-13-23(14-18-25)10-8-6-4-2/h8,10,13-15,17-22H,3-7,9,11-12,16H2,1-2H3,(H,30,31). The van der Waals surface area contributed by atoms with E-state index in [9.17, 15) is 9.90 Å². The van der Waals surface area contributed by atoms with Gasteiger partial charge in [-0.15, -0.1) is 0 Å². The van der Waals surface area contributed by atoms with E-state index in [0.29, 0.717) is 5.56 Å². The van der Waals surface area contributed by atoms with Crippen molar-refractivity contribution >= 4 is 17.6 Å². The minimum atomic E-state index is -0.873. The first-order chi connectivity index (χ1) is 15.1. The van der Waals surface area contributed by atoms with Gasteiger partial charge in [-0.05, 0) is 71.6 Å². The van der Waals surface area contributed by atoms with Gasteiger partial charge < -0.3 is 5.11 Å². The van der Waals surface area contributed by atoms with E-state index in [4.69, 9.17) is 0 Å². The van der Waals surface area contributed by atoms with Gasteiger partial charge in [-0.1, -0.05) is 94.5 Å². The molecular formula is C29H36O2. The Labute approximate surface area is 187 Å². The van der Waals surface area contributed by atoms with Gasteiger partial charge in [-0.25, -0.2) is 4.79 Å². The van der Waals surface area contributed by atoms with Crippen LogP contribution in [0.1, 0.15) is 93.1 Å². The van der Waals surface area contributed by atoms with E-state index in [-0.39, 0.29) is 0 Å². The topological polar surface area (TPSA) is 37.3 Å². The highest BCUT2D eigenvalue weighted by Crippen LogP contribution is 2.35. The summed E-state index contributed by atoms with van der Waals surface area (Å²) in [6.45, 7) is 4.43. The Morgan fingerprint density at radius 1 is 1.03 bits per heavy atom. The summed E-state index contributed by atoms with van der Waals surface area (Å²) in [4.78, 5) is 11.9. The third kappa shape index (κ3) is 6.43. The maximum Gasteiger partial charge on any atom is 0.336 e. The molecule has 0 radical (unpaired) electrons. The van der Waals surface area contributed by atoms with Gasteiger partial charge in [-0.2, -0.15) is 0 Å². The summed E-state index contributed by atoms with van der Waals surface area (Å²) in [6.07, 6.45) is 17.7. The van der Waals surface area contributed by atoms with Crippen molar-refractivity contribution in [2.45, 2.75) is 71.6 Å². The highest BCUT2D eigenvalue weighted by molar-refractivity contribution is 5.97. The largest absolute Gasteiger partial charge is 0.478 e. The Bertz CT molecular complexity index is 918. The first-order valence-electron chi connectivity index (χ1n) is 12.0. The quantitative estimate of drug-likeness (QED) is 0.393. The molecule has 0 saturated heterocycles. The van der Waals surface area contributed by atoms with Crippen LogP contribution in [0.25, 0.3) is 22.8 Å². The fourth-order valence-electron chi connectivity index (χ4n) is 4.43. The SMILES string of the molecule is CCCC=Cc1ccc(-c2cc(C3=CCC(CCCCC)CC3)ccc2C(=O)O)cc1. The minimum absolute atomic E-state index is 0.367. The van der Waals surface area contributed by atoms with Crippen LogP contribution in [-0.2, 0) is 0 Å². The zero-order valence-electron chi connectivity index (χ0n) is 19.1. The molecule has 2 aromatic carbocycles. The van der Waals surface area contributed by atoms with Crippen LogP contribution >= 0.6 is 0 Å². The third-order valence-electron chi connectivity index (χ3n) is 6.34. The van der Waals surface area contributed by atoms with Crippen LogP contribution in [0.3, 0.4) is 0 Å². The second-order valence-electron chi connectivity index (χ2n) is 8.74. The fraction of sp³-hybridized carbons (Fsp3) is 0.414. The van der Waals surface area contributed by atoms with Crippen LogP contribution in [0.4, 0.5) is 0 Å². The lowest BCUT2D eigenvalue weighted by Gasteiger charge is -2.22. The van der Waals surface area contributed by atoms with E-state index in [1.807, 2.05) is 18.2 Å². The smallest absolute Gasteiger partial charge is 0.336 e. The summed E-state index contributed by atoms with van der Waals surface area (Å²) < 4.78 is 0. The number of rotatable bonds is 10. The zero-order chi connectivity index (χ0) is 22.1. The van der Waals surface area contributed by atoms with E-state index < -0.39 is 5.97 Å². The van der Waals surface area contributed by atoms with Crippen molar-refractivity contribution < 1.29 is 9.90 Å². The van der Waals surface area contributed by atoms with Gasteiger partial charge in [0.05, 0.1) is 5.56 Å². The Morgan fingerprint density at radius 2 is 1.81 bits per heavy atom. The van der Waals surface area contributed by atoms with Gasteiger partial charge in [0.2, 0.25) is 0 Å². The molecule has 0 saturated carbocycles. The second-order valence-corrected chi connectivity index (χ2v) is 8.74. The molecule has 1 unspecified atom stereocenters. The van der Waals surface area contributed by atoms with Crippen LogP contribution < -0.4 is 0 Å². The molecule has 0 aromatic heterocycles. The van der Waals surface area contributed by atoms with Crippen molar-refractivity contribution in [3.05, 3.63) is 71.3 Å². The van der Waals surface area contributed by atoms with Crippen LogP contribution in [0.15, 0.2) is 54.6 Å². The molecule has 1 atom stereocenters. The molecule has 0 fully saturated rings. The lowest BCUT2D eigenvalue weighted by molar-refractivity contribution is 0.0697. The van der Waals surface area contributed by atoms with Crippen LogP contribution in [0.2, 0.25) is 0 Å². The first-order valence-corrected chi connectivity index (χ1v) is 12.0. The molecule has 164 valence electrons. The molecule has 1 N–H and O–H groups in total. The molecule has 2 aromatic rings. The van der Waals surface area contributed by atoms with E-state index in [1.165, 1.54) is 43.2 Å². The number of hydrogen-bond donors (Lipinski definition) is 1. The minimum Gasteiger partial charge on any atom is -0.478 e. The number of aromatic carboxylic acids is 1. The summed E-state index contributed by atoms with van der Waals surface area (Å²) in [5, 5.41) is 9.74. The number of allylic oxidation sites excluding steroid dienone is 3. The summed E-state index contributed by atoms with van der Waals surface area (Å²) in [7, 11) is 0. The van der Waals surface area contributed by atoms with E-state index in [1.54, 1.807) is 6.07 Å². The van der Waals surface area contributed by atoms with Gasteiger partial charge >= 0.3 is 5.97 Å². The predicted molar refractivity (Wildman–Crippen MR) is 132 cm³/mol. The lowest BCUT2D eigenvalue weighted by Crippen LogP contribution is -2.06. The maximum absolute atomic E-state index is 11.9. The summed E-state index contributed by atoms with van der Waals surface area (Å²) in [5.41, 5.74) is 5.81. The second kappa shape index (κ2) is 11.7. The summed E-state index contributed by atoms with van der Waals surface area (Å²) in [5.74, 6) is -0.0662. The van der Waals surface area contributed by atoms with Gasteiger partial charge in [0.15, 0.2) is 0 Å². The van der Waals surface area contributed by atoms with Crippen molar-refractivity contribution in [3.63, 3.8) is 0 Å². The maximum atomic E-state index is 11.9. The molecule has 2 nitrogen and oxygen atoms in total. The van der Waals surface area contributed by atoms with Crippen molar-refractivity contribution in [2.24, 2.45) is 5.92 Å². The van der Waals surface area contributed by atoms with Crippen LogP contribution in [0.5, 0.6) is 0 Å². The summed E-state index contributed by atoms with van der Waals surface area (Å²) in [6, 6.07) is 14.1. The van der Waals surface area contributed by atoms with E-state index >= 15 is 0 Å². The van der Waals surface area contributed by atoms with E-state index in [0.717, 1.165) is 48.3 Å². The predicted octanol–water partition coefficient (Wildman–Crippen LogP) is 8.63.